The summed E-state index contributed by atoms with van der Waals surface area (Å²) in [6.07, 6.45) is 2.81. The van der Waals surface area contributed by atoms with Crippen LogP contribution in [0.25, 0.3) is 0 Å². The number of aromatic hydroxyl groups is 1. The van der Waals surface area contributed by atoms with Gasteiger partial charge < -0.3 is 9.84 Å². The van der Waals surface area contributed by atoms with Gasteiger partial charge in [0, 0.05) is 0 Å². The van der Waals surface area contributed by atoms with Gasteiger partial charge in [0.1, 0.15) is 5.75 Å². The van der Waals surface area contributed by atoms with Crippen molar-refractivity contribution >= 4 is 5.97 Å². The standard InChI is InChI=1S/C13H16O3/c1-3-4-11(9-13(15)16-2)10-5-7-12(14)8-6-10/h3,5-8,11,14H,1,4,9H2,2H3/t11-/m1/s1. The molecule has 1 N–H and O–H groups in total. The summed E-state index contributed by atoms with van der Waals surface area (Å²) in [5, 5.41) is 9.18. The molecule has 1 atom stereocenters. The third-order valence-electron chi connectivity index (χ3n) is 2.46. The SMILES string of the molecule is C=CC[C@H](CC(=O)OC)c1ccc(O)cc1. The molecule has 16 heavy (non-hydrogen) atoms. The van der Waals surface area contributed by atoms with Gasteiger partial charge in [-0.2, -0.15) is 0 Å². The normalized spacial score (nSPS) is 11.8. The number of carbonyl (C=O) groups excluding carboxylic acids is 1. The van der Waals surface area contributed by atoms with Crippen LogP contribution in [0.5, 0.6) is 5.75 Å². The number of benzene rings is 1. The summed E-state index contributed by atoms with van der Waals surface area (Å²) in [5.41, 5.74) is 1.00. The van der Waals surface area contributed by atoms with Gasteiger partial charge in [0.2, 0.25) is 0 Å². The fourth-order valence-corrected chi connectivity index (χ4v) is 1.57. The highest BCUT2D eigenvalue weighted by Crippen LogP contribution is 2.25. The van der Waals surface area contributed by atoms with E-state index in [0.717, 1.165) is 5.56 Å². The minimum absolute atomic E-state index is 0.0607. The quantitative estimate of drug-likeness (QED) is 0.613. The van der Waals surface area contributed by atoms with E-state index in [1.165, 1.54) is 7.11 Å². The zero-order valence-electron chi connectivity index (χ0n) is 9.35. The predicted octanol–water partition coefficient (Wildman–Crippen LogP) is 2.62. The molecule has 0 aliphatic carbocycles. The molecular formula is C13H16O3. The van der Waals surface area contributed by atoms with Crippen LogP contribution in [0.4, 0.5) is 0 Å². The molecule has 0 aliphatic heterocycles. The van der Waals surface area contributed by atoms with Gasteiger partial charge in [0.05, 0.1) is 13.5 Å². The van der Waals surface area contributed by atoms with E-state index in [2.05, 4.69) is 11.3 Å². The lowest BCUT2D eigenvalue weighted by molar-refractivity contribution is -0.141. The van der Waals surface area contributed by atoms with Crippen molar-refractivity contribution in [3.05, 3.63) is 42.5 Å². The van der Waals surface area contributed by atoms with Crippen molar-refractivity contribution < 1.29 is 14.6 Å². The Morgan fingerprint density at radius 2 is 2.12 bits per heavy atom. The molecule has 0 saturated heterocycles. The number of hydrogen-bond donors (Lipinski definition) is 1. The summed E-state index contributed by atoms with van der Waals surface area (Å²) in [6, 6.07) is 6.85. The molecule has 86 valence electrons. The zero-order chi connectivity index (χ0) is 12.0. The Labute approximate surface area is 95.4 Å². The van der Waals surface area contributed by atoms with Gasteiger partial charge in [-0.3, -0.25) is 4.79 Å². The largest absolute Gasteiger partial charge is 0.508 e. The molecule has 0 aliphatic rings. The van der Waals surface area contributed by atoms with Crippen molar-refractivity contribution in [3.63, 3.8) is 0 Å². The van der Waals surface area contributed by atoms with Crippen LogP contribution >= 0.6 is 0 Å². The molecule has 0 radical (unpaired) electrons. The predicted molar refractivity (Wildman–Crippen MR) is 62.3 cm³/mol. The van der Waals surface area contributed by atoms with Gasteiger partial charge in [-0.05, 0) is 30.0 Å². The topological polar surface area (TPSA) is 46.5 Å². The van der Waals surface area contributed by atoms with Crippen LogP contribution in [0.15, 0.2) is 36.9 Å². The van der Waals surface area contributed by atoms with Gasteiger partial charge in [-0.15, -0.1) is 6.58 Å². The van der Waals surface area contributed by atoms with Gasteiger partial charge in [0.25, 0.3) is 0 Å². The molecule has 0 bridgehead atoms. The molecule has 3 heteroatoms. The van der Waals surface area contributed by atoms with Gasteiger partial charge in [0.15, 0.2) is 0 Å². The first-order valence-electron chi connectivity index (χ1n) is 5.14. The average Bonchev–Trinajstić information content (AvgIpc) is 2.29. The molecule has 0 spiro atoms. The number of methoxy groups -OCH3 is 1. The summed E-state index contributed by atoms with van der Waals surface area (Å²) in [5.74, 6) is 0.0460. The second-order valence-electron chi connectivity index (χ2n) is 3.59. The number of hydrogen-bond acceptors (Lipinski definition) is 3. The average molecular weight is 220 g/mol. The molecular weight excluding hydrogens is 204 g/mol. The molecule has 0 fully saturated rings. The van der Waals surface area contributed by atoms with Crippen molar-refractivity contribution in [1.29, 1.82) is 0 Å². The molecule has 1 aromatic rings. The lowest BCUT2D eigenvalue weighted by Crippen LogP contribution is -2.08. The number of carbonyl (C=O) groups is 1. The van der Waals surface area contributed by atoms with Crippen LogP contribution in [0, 0.1) is 0 Å². The Hall–Kier alpha value is -1.77. The lowest BCUT2D eigenvalue weighted by atomic mass is 9.92. The Kier molecular flexibility index (Phi) is 4.58. The van der Waals surface area contributed by atoms with E-state index in [-0.39, 0.29) is 17.6 Å². The van der Waals surface area contributed by atoms with Crippen LogP contribution in [0.1, 0.15) is 24.3 Å². The summed E-state index contributed by atoms with van der Waals surface area (Å²) in [6.45, 7) is 3.68. The maximum atomic E-state index is 11.2. The number of esters is 1. The number of phenols is 1. The van der Waals surface area contributed by atoms with Gasteiger partial charge in [-0.1, -0.05) is 18.2 Å². The lowest BCUT2D eigenvalue weighted by Gasteiger charge is -2.14. The molecule has 0 unspecified atom stereocenters. The van der Waals surface area contributed by atoms with Crippen molar-refractivity contribution in [1.82, 2.24) is 0 Å². The summed E-state index contributed by atoms with van der Waals surface area (Å²) in [4.78, 5) is 11.2. The van der Waals surface area contributed by atoms with E-state index in [4.69, 9.17) is 0 Å². The smallest absolute Gasteiger partial charge is 0.306 e. The third-order valence-corrected chi connectivity index (χ3v) is 2.46. The maximum absolute atomic E-state index is 11.2. The second-order valence-corrected chi connectivity index (χ2v) is 3.59. The highest BCUT2D eigenvalue weighted by atomic mass is 16.5. The third kappa shape index (κ3) is 3.42. The number of rotatable bonds is 5. The van der Waals surface area contributed by atoms with Gasteiger partial charge in [-0.25, -0.2) is 0 Å². The minimum atomic E-state index is -0.236. The van der Waals surface area contributed by atoms with Crippen LogP contribution in [-0.2, 0) is 9.53 Å². The summed E-state index contributed by atoms with van der Waals surface area (Å²) < 4.78 is 4.65. The van der Waals surface area contributed by atoms with Crippen molar-refractivity contribution in [2.75, 3.05) is 7.11 Å². The highest BCUT2D eigenvalue weighted by molar-refractivity contribution is 5.70. The van der Waals surface area contributed by atoms with E-state index in [0.29, 0.717) is 12.8 Å². The van der Waals surface area contributed by atoms with Crippen LogP contribution in [0.3, 0.4) is 0 Å². The summed E-state index contributed by atoms with van der Waals surface area (Å²) >= 11 is 0. The Bertz CT molecular complexity index is 354. The highest BCUT2D eigenvalue weighted by Gasteiger charge is 2.14. The fraction of sp³-hybridized carbons (Fsp3) is 0.308. The van der Waals surface area contributed by atoms with Gasteiger partial charge >= 0.3 is 5.97 Å². The van der Waals surface area contributed by atoms with Crippen LogP contribution in [0.2, 0.25) is 0 Å². The van der Waals surface area contributed by atoms with E-state index in [1.54, 1.807) is 18.2 Å². The van der Waals surface area contributed by atoms with Crippen LogP contribution < -0.4 is 0 Å². The van der Waals surface area contributed by atoms with Crippen molar-refractivity contribution in [3.8, 4) is 5.75 Å². The molecule has 1 rings (SSSR count). The first kappa shape index (κ1) is 12.3. The molecule has 0 saturated carbocycles. The van der Waals surface area contributed by atoms with E-state index < -0.39 is 0 Å². The number of phenolic OH excluding ortho intramolecular Hbond substituents is 1. The number of ether oxygens (including phenoxy) is 1. The second kappa shape index (κ2) is 5.95. The van der Waals surface area contributed by atoms with E-state index >= 15 is 0 Å². The number of allylic oxidation sites excluding steroid dienone is 1. The molecule has 0 heterocycles. The fourth-order valence-electron chi connectivity index (χ4n) is 1.57. The Balaban J connectivity index is 2.80. The minimum Gasteiger partial charge on any atom is -0.508 e. The maximum Gasteiger partial charge on any atom is 0.306 e. The molecule has 0 aromatic heterocycles. The zero-order valence-corrected chi connectivity index (χ0v) is 9.35. The molecule has 1 aromatic carbocycles. The monoisotopic (exact) mass is 220 g/mol. The van der Waals surface area contributed by atoms with Crippen LogP contribution in [-0.4, -0.2) is 18.2 Å². The molecule has 3 nitrogen and oxygen atoms in total. The van der Waals surface area contributed by atoms with E-state index in [9.17, 15) is 9.90 Å². The van der Waals surface area contributed by atoms with E-state index in [1.807, 2.05) is 12.1 Å². The Morgan fingerprint density at radius 3 is 2.62 bits per heavy atom. The summed E-state index contributed by atoms with van der Waals surface area (Å²) in [7, 11) is 1.38. The first-order valence-corrected chi connectivity index (χ1v) is 5.14. The van der Waals surface area contributed by atoms with Crippen molar-refractivity contribution in [2.24, 2.45) is 0 Å². The Morgan fingerprint density at radius 1 is 1.50 bits per heavy atom. The first-order chi connectivity index (χ1) is 7.67. The molecule has 0 amide bonds. The van der Waals surface area contributed by atoms with Crippen molar-refractivity contribution in [2.45, 2.75) is 18.8 Å².